The highest BCUT2D eigenvalue weighted by Gasteiger charge is 2.17. The first-order valence-corrected chi connectivity index (χ1v) is 10.6. The molecule has 0 amide bonds. The average molecular weight is 385 g/mol. The van der Waals surface area contributed by atoms with Crippen molar-refractivity contribution in [3.8, 4) is 0 Å². The largest absolute Gasteiger partial charge is 0.395 e. The van der Waals surface area contributed by atoms with Crippen molar-refractivity contribution < 1.29 is 5.11 Å². The van der Waals surface area contributed by atoms with E-state index in [0.717, 1.165) is 37.1 Å². The summed E-state index contributed by atoms with van der Waals surface area (Å²) in [6.45, 7) is 14.7. The lowest BCUT2D eigenvalue weighted by molar-refractivity contribution is 0.181. The number of nitrogens with one attached hydrogen (secondary N) is 1. The minimum Gasteiger partial charge on any atom is -0.395 e. The summed E-state index contributed by atoms with van der Waals surface area (Å²) < 4.78 is 0. The van der Waals surface area contributed by atoms with Crippen LogP contribution in [0, 0.1) is 26.7 Å². The van der Waals surface area contributed by atoms with Crippen LogP contribution in [0.15, 0.2) is 18.3 Å². The van der Waals surface area contributed by atoms with Crippen LogP contribution in [-0.4, -0.2) is 51.1 Å². The van der Waals surface area contributed by atoms with E-state index in [1.165, 1.54) is 48.2 Å². The number of aromatic nitrogens is 2. The molecule has 1 aliphatic heterocycles. The van der Waals surface area contributed by atoms with Crippen LogP contribution in [0.2, 0.25) is 0 Å². The summed E-state index contributed by atoms with van der Waals surface area (Å²) >= 11 is 0. The first-order valence-electron chi connectivity index (χ1n) is 10.6. The molecule has 0 spiro atoms. The summed E-state index contributed by atoms with van der Waals surface area (Å²) in [5.41, 5.74) is 6.61. The van der Waals surface area contributed by atoms with Gasteiger partial charge < -0.3 is 10.1 Å². The van der Waals surface area contributed by atoms with Gasteiger partial charge in [0.05, 0.1) is 6.61 Å². The SMILES string of the molecule is Cc1ncc(CN(CCO)Cc2cc(CN3CCC(C)CC3)c(C)cc2C)[nH]1. The molecule has 2 N–H and O–H groups in total. The van der Waals surface area contributed by atoms with E-state index in [4.69, 9.17) is 0 Å². The maximum absolute atomic E-state index is 9.53. The summed E-state index contributed by atoms with van der Waals surface area (Å²) in [6, 6.07) is 4.72. The Bertz CT molecular complexity index is 762. The molecule has 0 unspecified atom stereocenters. The molecular weight excluding hydrogens is 348 g/mol. The average Bonchev–Trinajstić information content (AvgIpc) is 3.06. The Morgan fingerprint density at radius 1 is 1.11 bits per heavy atom. The van der Waals surface area contributed by atoms with Gasteiger partial charge in [0.2, 0.25) is 0 Å². The van der Waals surface area contributed by atoms with Crippen LogP contribution < -0.4 is 0 Å². The fourth-order valence-electron chi connectivity index (χ4n) is 4.14. The fourth-order valence-corrected chi connectivity index (χ4v) is 4.14. The highest BCUT2D eigenvalue weighted by molar-refractivity contribution is 5.37. The van der Waals surface area contributed by atoms with Crippen molar-refractivity contribution in [1.82, 2.24) is 19.8 Å². The third kappa shape index (κ3) is 5.66. The molecule has 5 nitrogen and oxygen atoms in total. The number of hydrogen-bond donors (Lipinski definition) is 2. The number of aliphatic hydroxyl groups excluding tert-OH is 1. The molecule has 154 valence electrons. The van der Waals surface area contributed by atoms with E-state index in [-0.39, 0.29) is 6.61 Å². The number of nitrogens with zero attached hydrogens (tertiary/aromatic N) is 3. The van der Waals surface area contributed by atoms with E-state index in [9.17, 15) is 5.11 Å². The Morgan fingerprint density at radius 3 is 2.46 bits per heavy atom. The van der Waals surface area contributed by atoms with Gasteiger partial charge in [0.15, 0.2) is 0 Å². The van der Waals surface area contributed by atoms with Crippen molar-refractivity contribution in [3.05, 3.63) is 52.1 Å². The molecule has 0 aliphatic carbocycles. The van der Waals surface area contributed by atoms with E-state index in [2.05, 4.69) is 52.7 Å². The molecule has 0 radical (unpaired) electrons. The van der Waals surface area contributed by atoms with Crippen LogP contribution >= 0.6 is 0 Å². The Labute approximate surface area is 169 Å². The maximum Gasteiger partial charge on any atom is 0.103 e. The van der Waals surface area contributed by atoms with Gasteiger partial charge in [-0.05, 0) is 74.9 Å². The van der Waals surface area contributed by atoms with E-state index >= 15 is 0 Å². The third-order valence-electron chi connectivity index (χ3n) is 6.02. The standard InChI is InChI=1S/C23H36N4O/c1-17-5-7-26(8-6-17)14-21-12-22(19(3)11-18(21)2)15-27(9-10-28)16-23-13-24-20(4)25-23/h11-13,17,28H,5-10,14-16H2,1-4H3,(H,24,25). The normalized spacial score (nSPS) is 16.2. The second kappa shape index (κ2) is 9.68. The van der Waals surface area contributed by atoms with Crippen LogP contribution in [0.1, 0.15) is 53.5 Å². The van der Waals surface area contributed by atoms with E-state index < -0.39 is 0 Å². The number of piperidine rings is 1. The van der Waals surface area contributed by atoms with Crippen LogP contribution in [0.25, 0.3) is 0 Å². The quantitative estimate of drug-likeness (QED) is 0.731. The van der Waals surface area contributed by atoms with Gasteiger partial charge in [-0.15, -0.1) is 0 Å². The number of imidazole rings is 1. The Balaban J connectivity index is 1.72. The lowest BCUT2D eigenvalue weighted by Gasteiger charge is -2.31. The number of aromatic amines is 1. The number of aryl methyl sites for hydroxylation is 3. The summed E-state index contributed by atoms with van der Waals surface area (Å²) in [7, 11) is 0. The summed E-state index contributed by atoms with van der Waals surface area (Å²) in [5.74, 6) is 1.80. The van der Waals surface area contributed by atoms with Gasteiger partial charge in [0.1, 0.15) is 5.82 Å². The van der Waals surface area contributed by atoms with Crippen molar-refractivity contribution >= 4 is 0 Å². The van der Waals surface area contributed by atoms with Crippen LogP contribution in [0.4, 0.5) is 0 Å². The highest BCUT2D eigenvalue weighted by atomic mass is 16.3. The molecule has 5 heteroatoms. The van der Waals surface area contributed by atoms with Gasteiger partial charge in [-0.3, -0.25) is 9.80 Å². The molecular formula is C23H36N4O. The second-order valence-electron chi connectivity index (χ2n) is 8.59. The molecule has 0 bridgehead atoms. The van der Waals surface area contributed by atoms with E-state index in [1.54, 1.807) is 0 Å². The Morgan fingerprint density at radius 2 is 1.82 bits per heavy atom. The number of likely N-dealkylation sites (tertiary alicyclic amines) is 1. The summed E-state index contributed by atoms with van der Waals surface area (Å²) in [4.78, 5) is 12.5. The number of benzene rings is 1. The predicted molar refractivity (Wildman–Crippen MR) is 114 cm³/mol. The van der Waals surface area contributed by atoms with Gasteiger partial charge in [0.25, 0.3) is 0 Å². The lowest BCUT2D eigenvalue weighted by Crippen LogP contribution is -2.32. The van der Waals surface area contributed by atoms with Gasteiger partial charge in [-0.1, -0.05) is 19.1 Å². The van der Waals surface area contributed by atoms with Crippen LogP contribution in [-0.2, 0) is 19.6 Å². The van der Waals surface area contributed by atoms with Crippen LogP contribution in [0.5, 0.6) is 0 Å². The predicted octanol–water partition coefficient (Wildman–Crippen LogP) is 3.56. The molecule has 2 heterocycles. The van der Waals surface area contributed by atoms with Gasteiger partial charge in [0, 0.05) is 38.1 Å². The molecule has 1 aromatic carbocycles. The molecule has 3 rings (SSSR count). The van der Waals surface area contributed by atoms with Crippen LogP contribution in [0.3, 0.4) is 0 Å². The number of H-pyrrole nitrogens is 1. The zero-order valence-electron chi connectivity index (χ0n) is 18.0. The molecule has 1 fully saturated rings. The molecule has 1 aromatic heterocycles. The van der Waals surface area contributed by atoms with Crippen molar-refractivity contribution in [1.29, 1.82) is 0 Å². The van der Waals surface area contributed by atoms with Crippen molar-refractivity contribution in [2.45, 2.75) is 60.2 Å². The van der Waals surface area contributed by atoms with E-state index in [0.29, 0.717) is 6.54 Å². The smallest absolute Gasteiger partial charge is 0.103 e. The monoisotopic (exact) mass is 384 g/mol. The first-order chi connectivity index (χ1) is 13.4. The van der Waals surface area contributed by atoms with E-state index in [1.807, 2.05) is 13.1 Å². The number of rotatable bonds is 8. The van der Waals surface area contributed by atoms with Crippen molar-refractivity contribution in [2.24, 2.45) is 5.92 Å². The third-order valence-corrected chi connectivity index (χ3v) is 6.02. The van der Waals surface area contributed by atoms with Crippen molar-refractivity contribution in [2.75, 3.05) is 26.2 Å². The second-order valence-corrected chi connectivity index (χ2v) is 8.59. The summed E-state index contributed by atoms with van der Waals surface area (Å²) in [6.07, 6.45) is 4.52. The zero-order valence-corrected chi connectivity index (χ0v) is 18.0. The molecule has 1 aliphatic rings. The Hall–Kier alpha value is -1.69. The topological polar surface area (TPSA) is 55.4 Å². The van der Waals surface area contributed by atoms with Gasteiger partial charge in [-0.2, -0.15) is 0 Å². The lowest BCUT2D eigenvalue weighted by atomic mass is 9.96. The van der Waals surface area contributed by atoms with Crippen molar-refractivity contribution in [3.63, 3.8) is 0 Å². The molecule has 28 heavy (non-hydrogen) atoms. The maximum atomic E-state index is 9.53. The zero-order chi connectivity index (χ0) is 20.1. The fraction of sp³-hybridized carbons (Fsp3) is 0.609. The summed E-state index contributed by atoms with van der Waals surface area (Å²) in [5, 5.41) is 9.53. The highest BCUT2D eigenvalue weighted by Crippen LogP contribution is 2.23. The molecule has 1 saturated heterocycles. The Kier molecular flexibility index (Phi) is 7.27. The molecule has 0 atom stereocenters. The first kappa shape index (κ1) is 21.0. The number of aliphatic hydroxyl groups is 1. The minimum absolute atomic E-state index is 0.164. The minimum atomic E-state index is 0.164. The molecule has 0 saturated carbocycles. The van der Waals surface area contributed by atoms with Gasteiger partial charge in [-0.25, -0.2) is 4.98 Å². The van der Waals surface area contributed by atoms with Gasteiger partial charge >= 0.3 is 0 Å². The number of hydrogen-bond acceptors (Lipinski definition) is 4. The molecule has 2 aromatic rings.